The van der Waals surface area contributed by atoms with Crippen LogP contribution in [0.4, 0.5) is 0 Å². The maximum Gasteiger partial charge on any atom is 0.338 e. The summed E-state index contributed by atoms with van der Waals surface area (Å²) in [5.41, 5.74) is -0.0766. The van der Waals surface area contributed by atoms with Crippen molar-refractivity contribution in [2.45, 2.75) is 64.8 Å². The summed E-state index contributed by atoms with van der Waals surface area (Å²) in [6, 6.07) is 9.05. The second kappa shape index (κ2) is 10.4. The van der Waals surface area contributed by atoms with Crippen molar-refractivity contribution in [2.75, 3.05) is 13.2 Å². The van der Waals surface area contributed by atoms with E-state index in [4.69, 9.17) is 14.2 Å². The number of carbonyl (C=O) groups excluding carboxylic acids is 2. The van der Waals surface area contributed by atoms with E-state index < -0.39 is 11.2 Å². The molecule has 0 bridgehead atoms. The van der Waals surface area contributed by atoms with Gasteiger partial charge in [0.05, 0.1) is 23.3 Å². The topological polar surface area (TPSA) is 61.8 Å². The Kier molecular flexibility index (Phi) is 7.66. The molecule has 0 unspecified atom stereocenters. The number of benzene rings is 1. The molecule has 1 aromatic carbocycles. The summed E-state index contributed by atoms with van der Waals surface area (Å²) in [5.74, 6) is 5.74. The molecule has 2 saturated carbocycles. The highest BCUT2D eigenvalue weighted by molar-refractivity contribution is 9.12. The molecule has 4 atom stereocenters. The number of fused-ring (bicyclic) bond motifs is 1. The molecule has 1 spiro atoms. The van der Waals surface area contributed by atoms with Gasteiger partial charge in [0.1, 0.15) is 6.10 Å². The van der Waals surface area contributed by atoms with Crippen LogP contribution in [-0.4, -0.2) is 36.9 Å². The Bertz CT molecular complexity index is 997. The van der Waals surface area contributed by atoms with Crippen molar-refractivity contribution in [2.24, 2.45) is 23.2 Å². The predicted octanol–water partition coefficient (Wildman–Crippen LogP) is 5.68. The number of esters is 1. The Labute approximate surface area is 210 Å². The standard InChI is InChI=1S/C28H33BrO5/c1-4-5-9-12-27(2,3)25(30)23(29)16-21-22-18-28(32-13-14-33-28)17-20(22)15-24(21)34-26(31)19-10-7-6-8-11-19/h6-8,10-11,16,20-22,24H,4,12-15,17-18H2,1-3H3/t20-,21+,22+,24-/m1/s1. The van der Waals surface area contributed by atoms with Crippen molar-refractivity contribution in [3.63, 3.8) is 0 Å². The number of ketones is 1. The zero-order chi connectivity index (χ0) is 24.3. The van der Waals surface area contributed by atoms with Crippen molar-refractivity contribution >= 4 is 27.7 Å². The second-order valence-electron chi connectivity index (χ2n) is 10.2. The SMILES string of the molecule is CCC#CCC(C)(C)C(=O)C(Br)=C[C@H]1[C@H]2CC3(C[C@H]2C[C@H]1OC(=O)c1ccccc1)OCCO3. The highest BCUT2D eigenvalue weighted by atomic mass is 79.9. The number of hydrogen-bond acceptors (Lipinski definition) is 5. The molecule has 4 rings (SSSR count). The average molecular weight is 529 g/mol. The van der Waals surface area contributed by atoms with Crippen molar-refractivity contribution in [1.82, 2.24) is 0 Å². The van der Waals surface area contributed by atoms with E-state index >= 15 is 0 Å². The van der Waals surface area contributed by atoms with E-state index in [9.17, 15) is 9.59 Å². The molecule has 1 saturated heterocycles. The largest absolute Gasteiger partial charge is 0.458 e. The van der Waals surface area contributed by atoms with Gasteiger partial charge in [0.15, 0.2) is 11.6 Å². The molecule has 34 heavy (non-hydrogen) atoms. The van der Waals surface area contributed by atoms with E-state index in [0.717, 1.165) is 25.7 Å². The fourth-order valence-electron chi connectivity index (χ4n) is 5.53. The first-order valence-corrected chi connectivity index (χ1v) is 13.0. The first kappa shape index (κ1) is 25.2. The van der Waals surface area contributed by atoms with Gasteiger partial charge < -0.3 is 14.2 Å². The van der Waals surface area contributed by atoms with Crippen LogP contribution in [0.1, 0.15) is 63.2 Å². The highest BCUT2D eigenvalue weighted by Crippen LogP contribution is 2.56. The summed E-state index contributed by atoms with van der Waals surface area (Å²) in [5, 5.41) is 0. The molecule has 6 heteroatoms. The summed E-state index contributed by atoms with van der Waals surface area (Å²) in [6.07, 6.45) is 5.22. The summed E-state index contributed by atoms with van der Waals surface area (Å²) in [4.78, 5) is 26.2. The minimum atomic E-state index is -0.611. The van der Waals surface area contributed by atoms with Gasteiger partial charge in [0, 0.05) is 37.0 Å². The van der Waals surface area contributed by atoms with Gasteiger partial charge in [-0.25, -0.2) is 4.79 Å². The quantitative estimate of drug-likeness (QED) is 0.270. The number of ether oxygens (including phenoxy) is 3. The van der Waals surface area contributed by atoms with Crippen LogP contribution >= 0.6 is 15.9 Å². The third-order valence-electron chi connectivity index (χ3n) is 7.27. The third kappa shape index (κ3) is 5.32. The molecule has 1 aliphatic heterocycles. The van der Waals surface area contributed by atoms with Crippen LogP contribution in [0.15, 0.2) is 40.9 Å². The smallest absolute Gasteiger partial charge is 0.338 e. The van der Waals surface area contributed by atoms with E-state index in [1.54, 1.807) is 12.1 Å². The number of rotatable bonds is 6. The normalized spacial score (nSPS) is 27.8. The number of hydrogen-bond donors (Lipinski definition) is 0. The van der Waals surface area contributed by atoms with Gasteiger partial charge in [-0.1, -0.05) is 45.0 Å². The Balaban J connectivity index is 1.56. The van der Waals surface area contributed by atoms with Crippen LogP contribution in [0, 0.1) is 35.0 Å². The predicted molar refractivity (Wildman–Crippen MR) is 133 cm³/mol. The average Bonchev–Trinajstić information content (AvgIpc) is 3.50. The van der Waals surface area contributed by atoms with Crippen molar-refractivity contribution in [3.8, 4) is 11.8 Å². The number of carbonyl (C=O) groups is 2. The van der Waals surface area contributed by atoms with Crippen molar-refractivity contribution < 1.29 is 23.8 Å². The molecule has 1 aromatic rings. The maximum atomic E-state index is 13.3. The van der Waals surface area contributed by atoms with Crippen LogP contribution in [-0.2, 0) is 19.0 Å². The lowest BCUT2D eigenvalue weighted by molar-refractivity contribution is -0.157. The molecule has 5 nitrogen and oxygen atoms in total. The van der Waals surface area contributed by atoms with Gasteiger partial charge in [-0.2, -0.15) is 0 Å². The van der Waals surface area contributed by atoms with Crippen molar-refractivity contribution in [3.05, 3.63) is 46.5 Å². The minimum absolute atomic E-state index is 0.00978. The fraction of sp³-hybridized carbons (Fsp3) is 0.571. The molecule has 2 aliphatic carbocycles. The first-order chi connectivity index (χ1) is 16.2. The minimum Gasteiger partial charge on any atom is -0.458 e. The fourth-order valence-corrected chi connectivity index (χ4v) is 6.37. The van der Waals surface area contributed by atoms with Gasteiger partial charge in [0.25, 0.3) is 0 Å². The zero-order valence-corrected chi connectivity index (χ0v) is 21.7. The number of Topliss-reactive ketones (excluding diaryl/α,β-unsaturated/α-hetero) is 1. The molecule has 0 N–H and O–H groups in total. The Hall–Kier alpha value is -1.94. The van der Waals surface area contributed by atoms with Crippen LogP contribution in [0.3, 0.4) is 0 Å². The molecule has 0 amide bonds. The summed E-state index contributed by atoms with van der Waals surface area (Å²) >= 11 is 3.57. The zero-order valence-electron chi connectivity index (χ0n) is 20.1. The molecule has 0 radical (unpaired) electrons. The molecule has 182 valence electrons. The van der Waals surface area contributed by atoms with Gasteiger partial charge >= 0.3 is 5.97 Å². The van der Waals surface area contributed by atoms with E-state index in [1.807, 2.05) is 45.0 Å². The van der Waals surface area contributed by atoms with E-state index in [1.165, 1.54) is 0 Å². The van der Waals surface area contributed by atoms with Gasteiger partial charge in [-0.15, -0.1) is 11.8 Å². The molecular formula is C28H33BrO5. The van der Waals surface area contributed by atoms with E-state index in [0.29, 0.717) is 35.6 Å². The molecule has 1 heterocycles. The summed E-state index contributed by atoms with van der Waals surface area (Å²) in [6.45, 7) is 7.06. The second-order valence-corrected chi connectivity index (χ2v) is 11.0. The molecule has 0 aromatic heterocycles. The van der Waals surface area contributed by atoms with Gasteiger partial charge in [-0.05, 0) is 46.3 Å². The molecular weight excluding hydrogens is 496 g/mol. The lowest BCUT2D eigenvalue weighted by Gasteiger charge is -2.27. The van der Waals surface area contributed by atoms with Crippen LogP contribution in [0.25, 0.3) is 0 Å². The maximum absolute atomic E-state index is 13.3. The Morgan fingerprint density at radius 3 is 2.56 bits per heavy atom. The van der Waals surface area contributed by atoms with E-state index in [2.05, 4.69) is 27.8 Å². The lowest BCUT2D eigenvalue weighted by atomic mass is 9.83. The van der Waals surface area contributed by atoms with E-state index in [-0.39, 0.29) is 29.7 Å². The highest BCUT2D eigenvalue weighted by Gasteiger charge is 2.57. The van der Waals surface area contributed by atoms with Crippen LogP contribution in [0.5, 0.6) is 0 Å². The van der Waals surface area contributed by atoms with Crippen molar-refractivity contribution in [1.29, 1.82) is 0 Å². The Morgan fingerprint density at radius 1 is 1.18 bits per heavy atom. The number of allylic oxidation sites excluding steroid dienone is 1. The van der Waals surface area contributed by atoms with Crippen LogP contribution in [0.2, 0.25) is 0 Å². The Morgan fingerprint density at radius 2 is 1.88 bits per heavy atom. The van der Waals surface area contributed by atoms with Gasteiger partial charge in [-0.3, -0.25) is 4.79 Å². The third-order valence-corrected chi connectivity index (χ3v) is 7.89. The number of halogens is 1. The summed E-state index contributed by atoms with van der Waals surface area (Å²) in [7, 11) is 0. The molecule has 3 fully saturated rings. The van der Waals surface area contributed by atoms with Gasteiger partial charge in [0.2, 0.25) is 0 Å². The van der Waals surface area contributed by atoms with Crippen LogP contribution < -0.4 is 0 Å². The monoisotopic (exact) mass is 528 g/mol. The molecule has 3 aliphatic rings. The first-order valence-electron chi connectivity index (χ1n) is 12.2. The summed E-state index contributed by atoms with van der Waals surface area (Å²) < 4.78 is 18.5. The lowest BCUT2D eigenvalue weighted by Crippen LogP contribution is -2.31.